The summed E-state index contributed by atoms with van der Waals surface area (Å²) in [4.78, 5) is 0. The number of hydrogen-bond acceptors (Lipinski definition) is 2. The highest BCUT2D eigenvalue weighted by Crippen LogP contribution is 2.34. The van der Waals surface area contributed by atoms with Crippen molar-refractivity contribution in [3.8, 4) is 0 Å². The van der Waals surface area contributed by atoms with Gasteiger partial charge in [-0.2, -0.15) is 0 Å². The van der Waals surface area contributed by atoms with Crippen LogP contribution in [0.3, 0.4) is 0 Å². The highest BCUT2D eigenvalue weighted by Gasteiger charge is 2.13. The molecule has 0 saturated carbocycles. The molecule has 0 unspecified atom stereocenters. The minimum absolute atomic E-state index is 0.429. The third-order valence-electron chi connectivity index (χ3n) is 1.41. The Bertz CT molecular complexity index is 454. The number of anilines is 1. The number of hydrogen-bond donors (Lipinski definition) is 1. The Hall–Kier alpha value is 0.700. The van der Waals surface area contributed by atoms with Crippen molar-refractivity contribution in [2.45, 2.75) is 0 Å². The van der Waals surface area contributed by atoms with E-state index in [-0.39, 0.29) is 0 Å². The largest absolute Gasteiger partial charge is 0.280 e. The van der Waals surface area contributed by atoms with Crippen LogP contribution in [0.5, 0.6) is 0 Å². The van der Waals surface area contributed by atoms with E-state index in [0.29, 0.717) is 14.6 Å². The summed E-state index contributed by atoms with van der Waals surface area (Å²) < 4.78 is 27.0. The number of rotatable bonds is 3. The maximum atomic E-state index is 11.3. The van der Waals surface area contributed by atoms with Gasteiger partial charge in [-0.05, 0) is 44.0 Å². The minimum atomic E-state index is -3.49. The number of sulfonamides is 1. The van der Waals surface area contributed by atoms with E-state index in [0.717, 1.165) is 4.47 Å². The number of benzene rings is 1. The van der Waals surface area contributed by atoms with Crippen molar-refractivity contribution in [3.63, 3.8) is 0 Å². The van der Waals surface area contributed by atoms with E-state index >= 15 is 0 Å². The molecule has 0 radical (unpaired) electrons. The van der Waals surface area contributed by atoms with E-state index in [4.69, 9.17) is 11.6 Å². The van der Waals surface area contributed by atoms with Gasteiger partial charge in [-0.25, -0.2) is 8.42 Å². The SMILES string of the molecule is O=S(=O)(CCl)Nc1c(Br)cc(Br)cc1Br. The molecule has 1 N–H and O–H groups in total. The standard InChI is InChI=1S/C7H5Br3ClNO2S/c8-4-1-5(9)7(6(10)2-4)12-15(13,14)3-11/h1-2,12H,3H2. The molecular weight excluding hydrogens is 437 g/mol. The van der Waals surface area contributed by atoms with Crippen LogP contribution in [-0.4, -0.2) is 13.6 Å². The fraction of sp³-hybridized carbons (Fsp3) is 0.143. The third-order valence-corrected chi connectivity index (χ3v) is 4.78. The minimum Gasteiger partial charge on any atom is -0.280 e. The molecule has 8 heteroatoms. The Morgan fingerprint density at radius 1 is 1.20 bits per heavy atom. The van der Waals surface area contributed by atoms with Crippen LogP contribution in [0.25, 0.3) is 0 Å². The van der Waals surface area contributed by atoms with Gasteiger partial charge in [0, 0.05) is 13.4 Å². The van der Waals surface area contributed by atoms with Gasteiger partial charge in [0.15, 0.2) is 0 Å². The number of nitrogens with one attached hydrogen (secondary N) is 1. The summed E-state index contributed by atoms with van der Waals surface area (Å²) in [6.45, 7) is 0. The first-order valence-corrected chi connectivity index (χ1v) is 8.13. The van der Waals surface area contributed by atoms with Gasteiger partial charge in [0.25, 0.3) is 0 Å². The first kappa shape index (κ1) is 13.8. The van der Waals surface area contributed by atoms with Crippen molar-refractivity contribution >= 4 is 75.1 Å². The van der Waals surface area contributed by atoms with Gasteiger partial charge >= 0.3 is 0 Å². The highest BCUT2D eigenvalue weighted by molar-refractivity contribution is 9.11. The zero-order valence-corrected chi connectivity index (χ0v) is 13.4. The number of alkyl halides is 1. The Morgan fingerprint density at radius 3 is 2.07 bits per heavy atom. The van der Waals surface area contributed by atoms with Gasteiger partial charge in [-0.15, -0.1) is 11.6 Å². The lowest BCUT2D eigenvalue weighted by atomic mass is 10.3. The predicted molar refractivity (Wildman–Crippen MR) is 72.8 cm³/mol. The molecule has 0 amide bonds. The van der Waals surface area contributed by atoms with Crippen molar-refractivity contribution in [1.29, 1.82) is 0 Å². The lowest BCUT2D eigenvalue weighted by molar-refractivity contribution is 0.605. The molecule has 0 aliphatic rings. The molecule has 0 aromatic heterocycles. The maximum absolute atomic E-state index is 11.3. The van der Waals surface area contributed by atoms with Crippen LogP contribution < -0.4 is 4.72 Å². The molecule has 1 rings (SSSR count). The Labute approximate surface area is 118 Å². The second kappa shape index (κ2) is 5.35. The first-order chi connectivity index (χ1) is 6.85. The molecule has 3 nitrogen and oxygen atoms in total. The van der Waals surface area contributed by atoms with E-state index in [1.807, 2.05) is 0 Å². The van der Waals surface area contributed by atoms with E-state index in [1.54, 1.807) is 12.1 Å². The van der Waals surface area contributed by atoms with Crippen molar-refractivity contribution in [2.75, 3.05) is 9.93 Å². The van der Waals surface area contributed by atoms with E-state index in [1.165, 1.54) is 0 Å². The van der Waals surface area contributed by atoms with Gasteiger partial charge in [0.2, 0.25) is 10.0 Å². The molecule has 1 aromatic rings. The molecule has 15 heavy (non-hydrogen) atoms. The molecular formula is C7H5Br3ClNO2S. The van der Waals surface area contributed by atoms with E-state index in [2.05, 4.69) is 52.5 Å². The molecule has 0 aliphatic carbocycles. The van der Waals surface area contributed by atoms with Crippen molar-refractivity contribution in [3.05, 3.63) is 25.6 Å². The molecule has 0 heterocycles. The molecule has 1 aromatic carbocycles. The third kappa shape index (κ3) is 3.89. The molecule has 0 atom stereocenters. The van der Waals surface area contributed by atoms with Crippen LogP contribution in [-0.2, 0) is 10.0 Å². The molecule has 0 aliphatic heterocycles. The highest BCUT2D eigenvalue weighted by atomic mass is 79.9. The van der Waals surface area contributed by atoms with Crippen LogP contribution in [0.2, 0.25) is 0 Å². The fourth-order valence-corrected chi connectivity index (χ4v) is 4.29. The molecule has 0 saturated heterocycles. The van der Waals surface area contributed by atoms with E-state index < -0.39 is 15.2 Å². The van der Waals surface area contributed by atoms with Crippen LogP contribution in [0.4, 0.5) is 5.69 Å². The van der Waals surface area contributed by atoms with Crippen LogP contribution in [0.1, 0.15) is 0 Å². The molecule has 0 bridgehead atoms. The monoisotopic (exact) mass is 439 g/mol. The predicted octanol–water partition coefficient (Wildman–Crippen LogP) is 3.91. The topological polar surface area (TPSA) is 46.2 Å². The molecule has 0 spiro atoms. The fourth-order valence-electron chi connectivity index (χ4n) is 0.822. The van der Waals surface area contributed by atoms with Crippen molar-refractivity contribution in [1.82, 2.24) is 0 Å². The van der Waals surface area contributed by atoms with Crippen LogP contribution in [0.15, 0.2) is 25.6 Å². The van der Waals surface area contributed by atoms with Gasteiger partial charge < -0.3 is 0 Å². The van der Waals surface area contributed by atoms with Crippen LogP contribution >= 0.6 is 59.4 Å². The van der Waals surface area contributed by atoms with Crippen molar-refractivity contribution in [2.24, 2.45) is 0 Å². The zero-order valence-electron chi connectivity index (χ0n) is 7.10. The summed E-state index contributed by atoms with van der Waals surface area (Å²) in [5, 5.41) is -0.484. The Morgan fingerprint density at radius 2 is 1.67 bits per heavy atom. The molecule has 84 valence electrons. The van der Waals surface area contributed by atoms with Crippen LogP contribution in [0, 0.1) is 0 Å². The van der Waals surface area contributed by atoms with Gasteiger partial charge in [0.1, 0.15) is 5.21 Å². The summed E-state index contributed by atoms with van der Waals surface area (Å²) in [6, 6.07) is 3.47. The Balaban J connectivity index is 3.17. The van der Waals surface area contributed by atoms with E-state index in [9.17, 15) is 8.42 Å². The quantitative estimate of drug-likeness (QED) is 0.722. The summed E-state index contributed by atoms with van der Waals surface area (Å²) in [5.74, 6) is 0. The molecule has 0 fully saturated rings. The zero-order chi connectivity index (χ0) is 11.6. The van der Waals surface area contributed by atoms with Gasteiger partial charge in [-0.3, -0.25) is 4.72 Å². The summed E-state index contributed by atoms with van der Waals surface area (Å²) in [6.07, 6.45) is 0. The van der Waals surface area contributed by atoms with Crippen molar-refractivity contribution < 1.29 is 8.42 Å². The second-order valence-electron chi connectivity index (χ2n) is 2.57. The lowest BCUT2D eigenvalue weighted by Gasteiger charge is -2.10. The average molecular weight is 442 g/mol. The summed E-state index contributed by atoms with van der Waals surface area (Å²) in [7, 11) is -3.49. The van der Waals surface area contributed by atoms with Gasteiger partial charge in [0.05, 0.1) is 5.69 Å². The summed E-state index contributed by atoms with van der Waals surface area (Å²) in [5.41, 5.74) is 0.429. The second-order valence-corrected chi connectivity index (χ2v) is 7.50. The summed E-state index contributed by atoms with van der Waals surface area (Å²) >= 11 is 15.1. The first-order valence-electron chi connectivity index (χ1n) is 3.57. The van der Waals surface area contributed by atoms with Gasteiger partial charge in [-0.1, -0.05) is 15.9 Å². The number of halogens is 4. The maximum Gasteiger partial charge on any atom is 0.246 e. The Kier molecular flexibility index (Phi) is 4.91. The normalized spacial score (nSPS) is 11.5. The smallest absolute Gasteiger partial charge is 0.246 e. The average Bonchev–Trinajstić information content (AvgIpc) is 2.11. The lowest BCUT2D eigenvalue weighted by Crippen LogP contribution is -2.14.